The molecule has 36 heavy (non-hydrogen) atoms. The van der Waals surface area contributed by atoms with Crippen LogP contribution < -0.4 is 15.1 Å². The average Bonchev–Trinajstić information content (AvgIpc) is 2.91. The Bertz CT molecular complexity index is 1240. The highest BCUT2D eigenvalue weighted by Gasteiger charge is 2.28. The molecule has 1 unspecified atom stereocenters. The van der Waals surface area contributed by atoms with E-state index in [9.17, 15) is 4.79 Å². The lowest BCUT2D eigenvalue weighted by molar-refractivity contribution is -0.00570. The van der Waals surface area contributed by atoms with Crippen molar-refractivity contribution in [3.05, 3.63) is 42.0 Å². The number of piperidine rings is 1. The molecule has 4 heterocycles. The fraction of sp³-hybridized carbons (Fsp3) is 0.481. The van der Waals surface area contributed by atoms with Gasteiger partial charge in [-0.1, -0.05) is 12.1 Å². The van der Waals surface area contributed by atoms with E-state index in [0.717, 1.165) is 61.5 Å². The van der Waals surface area contributed by atoms with Crippen LogP contribution in [0.25, 0.3) is 22.3 Å². The third-order valence-electron chi connectivity index (χ3n) is 6.89. The minimum Gasteiger partial charge on any atom is -0.380 e. The predicted molar refractivity (Wildman–Crippen MR) is 141 cm³/mol. The summed E-state index contributed by atoms with van der Waals surface area (Å²) in [6.45, 7) is 7.31. The van der Waals surface area contributed by atoms with E-state index < -0.39 is 0 Å². The van der Waals surface area contributed by atoms with Crippen molar-refractivity contribution < 1.29 is 14.3 Å². The van der Waals surface area contributed by atoms with Gasteiger partial charge in [-0.2, -0.15) is 9.97 Å². The second kappa shape index (κ2) is 10.4. The molecular formula is C27H34N6O3. The van der Waals surface area contributed by atoms with Gasteiger partial charge in [0, 0.05) is 51.5 Å². The van der Waals surface area contributed by atoms with Crippen molar-refractivity contribution in [2.75, 3.05) is 50.1 Å². The molecule has 0 radical (unpaired) electrons. The van der Waals surface area contributed by atoms with E-state index in [-0.39, 0.29) is 24.2 Å². The molecule has 2 aromatic heterocycles. The van der Waals surface area contributed by atoms with Crippen LogP contribution in [0.15, 0.2) is 36.4 Å². The molecule has 0 spiro atoms. The molecule has 1 amide bonds. The number of methoxy groups -OCH3 is 1. The number of morpholine rings is 1. The summed E-state index contributed by atoms with van der Waals surface area (Å²) in [5.74, 6) is 1.43. The molecule has 2 aliphatic heterocycles. The Hall–Kier alpha value is -3.30. The first kappa shape index (κ1) is 24.4. The van der Waals surface area contributed by atoms with Crippen LogP contribution in [0.5, 0.6) is 0 Å². The molecule has 2 saturated heterocycles. The number of aromatic nitrogens is 3. The zero-order valence-corrected chi connectivity index (χ0v) is 21.4. The number of hydrogen-bond donors (Lipinski definition) is 1. The second-order valence-electron chi connectivity index (χ2n) is 9.68. The van der Waals surface area contributed by atoms with Crippen LogP contribution in [0, 0.1) is 0 Å². The number of benzene rings is 1. The summed E-state index contributed by atoms with van der Waals surface area (Å²) in [6, 6.07) is 11.5. The number of anilines is 2. The maximum atomic E-state index is 12.2. The Morgan fingerprint density at radius 1 is 1.06 bits per heavy atom. The van der Waals surface area contributed by atoms with Crippen LogP contribution in [0.2, 0.25) is 0 Å². The van der Waals surface area contributed by atoms with E-state index in [2.05, 4.69) is 29.0 Å². The molecule has 2 fully saturated rings. The minimum atomic E-state index is -0.127. The lowest BCUT2D eigenvalue weighted by Crippen LogP contribution is -2.46. The standard InChI is InChI=1S/C27H34N6O3/c1-17-14-33(15-18(2)36-17)27-30-24-22(25(31-27)32-12-6-9-21(16-32)35-4)10-11-23(29-24)19-7-5-8-20(13-19)26(34)28-3/h5,7-8,10-11,13,17-18,21H,6,9,12,14-16H2,1-4H3,(H,28,34)/t17-,18+,21?. The molecule has 9 heteroatoms. The van der Waals surface area contributed by atoms with Gasteiger partial charge in [-0.05, 0) is 51.0 Å². The van der Waals surface area contributed by atoms with Gasteiger partial charge in [0.15, 0.2) is 5.65 Å². The number of hydrogen-bond acceptors (Lipinski definition) is 8. The van der Waals surface area contributed by atoms with Crippen molar-refractivity contribution in [2.24, 2.45) is 0 Å². The van der Waals surface area contributed by atoms with Gasteiger partial charge < -0.3 is 24.6 Å². The van der Waals surface area contributed by atoms with Gasteiger partial charge >= 0.3 is 0 Å². The Morgan fingerprint density at radius 3 is 2.61 bits per heavy atom. The molecular weight excluding hydrogens is 456 g/mol. The Morgan fingerprint density at radius 2 is 1.86 bits per heavy atom. The largest absolute Gasteiger partial charge is 0.380 e. The average molecular weight is 491 g/mol. The molecule has 190 valence electrons. The fourth-order valence-electron chi connectivity index (χ4n) is 5.15. The summed E-state index contributed by atoms with van der Waals surface area (Å²) in [6.07, 6.45) is 2.45. The van der Waals surface area contributed by atoms with Crippen LogP contribution >= 0.6 is 0 Å². The third kappa shape index (κ3) is 4.99. The van der Waals surface area contributed by atoms with Crippen LogP contribution in [-0.2, 0) is 9.47 Å². The normalized spacial score (nSPS) is 22.6. The highest BCUT2D eigenvalue weighted by atomic mass is 16.5. The predicted octanol–water partition coefficient (Wildman–Crippen LogP) is 3.28. The van der Waals surface area contributed by atoms with E-state index in [0.29, 0.717) is 17.2 Å². The number of nitrogens with zero attached hydrogens (tertiary/aromatic N) is 5. The van der Waals surface area contributed by atoms with Crippen LogP contribution in [-0.4, -0.2) is 79.5 Å². The summed E-state index contributed by atoms with van der Waals surface area (Å²) in [5.41, 5.74) is 2.87. The maximum absolute atomic E-state index is 12.2. The van der Waals surface area contributed by atoms with Crippen molar-refractivity contribution in [3.8, 4) is 11.3 Å². The van der Waals surface area contributed by atoms with Crippen LogP contribution in [0.4, 0.5) is 11.8 Å². The first-order valence-corrected chi connectivity index (χ1v) is 12.6. The molecule has 1 N–H and O–H groups in total. The van der Waals surface area contributed by atoms with Crippen molar-refractivity contribution in [2.45, 2.75) is 45.0 Å². The number of carbonyl (C=O) groups is 1. The van der Waals surface area contributed by atoms with Gasteiger partial charge in [0.25, 0.3) is 5.91 Å². The first-order chi connectivity index (χ1) is 17.4. The molecule has 0 saturated carbocycles. The van der Waals surface area contributed by atoms with Crippen molar-refractivity contribution >= 4 is 28.7 Å². The Balaban J connectivity index is 1.60. The molecule has 0 aliphatic carbocycles. The van der Waals surface area contributed by atoms with E-state index in [4.69, 9.17) is 24.4 Å². The molecule has 0 bridgehead atoms. The molecule has 1 aromatic carbocycles. The van der Waals surface area contributed by atoms with Crippen LogP contribution in [0.1, 0.15) is 37.0 Å². The summed E-state index contributed by atoms with van der Waals surface area (Å²) >= 11 is 0. The quantitative estimate of drug-likeness (QED) is 0.583. The van der Waals surface area contributed by atoms with Gasteiger partial charge in [-0.25, -0.2) is 4.98 Å². The van der Waals surface area contributed by atoms with Gasteiger partial charge in [-0.15, -0.1) is 0 Å². The number of carbonyl (C=O) groups excluding carboxylic acids is 1. The first-order valence-electron chi connectivity index (χ1n) is 12.6. The van der Waals surface area contributed by atoms with Crippen molar-refractivity contribution in [1.29, 1.82) is 0 Å². The Kier molecular flexibility index (Phi) is 7.02. The number of ether oxygens (including phenoxy) is 2. The van der Waals surface area contributed by atoms with Gasteiger partial charge in [0.05, 0.1) is 29.4 Å². The lowest BCUT2D eigenvalue weighted by atomic mass is 10.1. The summed E-state index contributed by atoms with van der Waals surface area (Å²) in [7, 11) is 3.40. The zero-order chi connectivity index (χ0) is 25.2. The summed E-state index contributed by atoms with van der Waals surface area (Å²) < 4.78 is 11.6. The number of nitrogens with one attached hydrogen (secondary N) is 1. The van der Waals surface area contributed by atoms with E-state index in [1.165, 1.54) is 0 Å². The zero-order valence-electron chi connectivity index (χ0n) is 21.4. The van der Waals surface area contributed by atoms with Gasteiger partial charge in [0.2, 0.25) is 5.95 Å². The van der Waals surface area contributed by atoms with Crippen LogP contribution in [0.3, 0.4) is 0 Å². The molecule has 3 aromatic rings. The topological polar surface area (TPSA) is 92.7 Å². The van der Waals surface area contributed by atoms with E-state index >= 15 is 0 Å². The highest BCUT2D eigenvalue weighted by Crippen LogP contribution is 2.31. The maximum Gasteiger partial charge on any atom is 0.251 e. The third-order valence-corrected chi connectivity index (χ3v) is 6.89. The molecule has 5 rings (SSSR count). The van der Waals surface area contributed by atoms with Gasteiger partial charge in [-0.3, -0.25) is 4.79 Å². The number of rotatable bonds is 5. The monoisotopic (exact) mass is 490 g/mol. The number of amides is 1. The number of pyridine rings is 1. The minimum absolute atomic E-state index is 0.0936. The Labute approximate surface area is 211 Å². The highest BCUT2D eigenvalue weighted by molar-refractivity contribution is 5.95. The summed E-state index contributed by atoms with van der Waals surface area (Å²) in [4.78, 5) is 31.6. The van der Waals surface area contributed by atoms with E-state index in [1.807, 2.05) is 30.3 Å². The fourth-order valence-corrected chi connectivity index (χ4v) is 5.15. The molecule has 9 nitrogen and oxygen atoms in total. The SMILES string of the molecule is CNC(=O)c1cccc(-c2ccc3c(N4CCCC(OC)C4)nc(N4C[C@@H](C)O[C@@H](C)C4)nc3n2)c1. The number of fused-ring (bicyclic) bond motifs is 1. The molecule has 2 aliphatic rings. The van der Waals surface area contributed by atoms with E-state index in [1.54, 1.807) is 20.2 Å². The van der Waals surface area contributed by atoms with Crippen molar-refractivity contribution in [1.82, 2.24) is 20.3 Å². The lowest BCUT2D eigenvalue weighted by Gasteiger charge is -2.37. The molecule has 3 atom stereocenters. The van der Waals surface area contributed by atoms with Gasteiger partial charge in [0.1, 0.15) is 5.82 Å². The second-order valence-corrected chi connectivity index (χ2v) is 9.68. The smallest absolute Gasteiger partial charge is 0.251 e. The summed E-state index contributed by atoms with van der Waals surface area (Å²) in [5, 5.41) is 3.59. The van der Waals surface area contributed by atoms with Crippen molar-refractivity contribution in [3.63, 3.8) is 0 Å².